The van der Waals surface area contributed by atoms with Crippen LogP contribution in [0, 0.1) is 0 Å². The lowest BCUT2D eigenvalue weighted by Crippen LogP contribution is -2.07. The summed E-state index contributed by atoms with van der Waals surface area (Å²) in [6.07, 6.45) is 32.0. The second kappa shape index (κ2) is 29.9. The lowest BCUT2D eigenvalue weighted by atomic mass is 10.1. The first-order chi connectivity index (χ1) is 16.3. The molecule has 0 spiro atoms. The predicted molar refractivity (Wildman–Crippen MR) is 150 cm³/mol. The van der Waals surface area contributed by atoms with E-state index in [9.17, 15) is 4.79 Å². The molecule has 0 atom stereocenters. The fourth-order valence-electron chi connectivity index (χ4n) is 4.33. The van der Waals surface area contributed by atoms with Crippen LogP contribution in [-0.2, 0) is 9.53 Å². The molecule has 0 rings (SSSR count). The Morgan fingerprint density at radius 1 is 0.485 bits per heavy atom. The SMILES string of the molecule is CCCCCCCCCCCCCCOC(=O)CCSCCCCCCCCCCCCC. The van der Waals surface area contributed by atoms with Crippen molar-refractivity contribution >= 4 is 17.7 Å². The third-order valence-electron chi connectivity index (χ3n) is 6.60. The Morgan fingerprint density at radius 2 is 0.848 bits per heavy atom. The summed E-state index contributed by atoms with van der Waals surface area (Å²) >= 11 is 1.92. The van der Waals surface area contributed by atoms with Gasteiger partial charge in [-0.1, -0.05) is 149 Å². The number of ether oxygens (including phenoxy) is 1. The fraction of sp³-hybridized carbons (Fsp3) is 0.967. The molecule has 0 aromatic rings. The van der Waals surface area contributed by atoms with Crippen LogP contribution in [0.3, 0.4) is 0 Å². The maximum Gasteiger partial charge on any atom is 0.306 e. The smallest absolute Gasteiger partial charge is 0.306 e. The normalized spacial score (nSPS) is 11.2. The van der Waals surface area contributed by atoms with E-state index in [0.717, 1.165) is 12.2 Å². The third kappa shape index (κ3) is 29.8. The zero-order valence-electron chi connectivity index (χ0n) is 22.8. The first kappa shape index (κ1) is 32.8. The molecule has 2 nitrogen and oxygen atoms in total. The van der Waals surface area contributed by atoms with Gasteiger partial charge in [-0.05, 0) is 18.6 Å². The molecule has 0 aliphatic rings. The van der Waals surface area contributed by atoms with Gasteiger partial charge in [0.15, 0.2) is 0 Å². The lowest BCUT2D eigenvalue weighted by molar-refractivity contribution is -0.143. The summed E-state index contributed by atoms with van der Waals surface area (Å²) in [7, 11) is 0. The molecule has 0 radical (unpaired) electrons. The van der Waals surface area contributed by atoms with Crippen molar-refractivity contribution in [1.82, 2.24) is 0 Å². The molecule has 0 fully saturated rings. The number of carbonyl (C=O) groups excluding carboxylic acids is 1. The second-order valence-corrected chi connectivity index (χ2v) is 11.2. The topological polar surface area (TPSA) is 26.3 Å². The Morgan fingerprint density at radius 3 is 1.27 bits per heavy atom. The minimum Gasteiger partial charge on any atom is -0.466 e. The van der Waals surface area contributed by atoms with E-state index in [2.05, 4.69) is 13.8 Å². The van der Waals surface area contributed by atoms with E-state index in [1.807, 2.05) is 11.8 Å². The van der Waals surface area contributed by atoms with Gasteiger partial charge in [-0.25, -0.2) is 0 Å². The summed E-state index contributed by atoms with van der Waals surface area (Å²) < 4.78 is 5.40. The molecule has 3 heteroatoms. The molecule has 198 valence electrons. The molecular formula is C30H60O2S. The van der Waals surface area contributed by atoms with Crippen LogP contribution < -0.4 is 0 Å². The zero-order chi connectivity index (χ0) is 24.1. The van der Waals surface area contributed by atoms with Gasteiger partial charge in [0.1, 0.15) is 0 Å². The predicted octanol–water partition coefficient (Wildman–Crippen LogP) is 10.7. The molecule has 0 N–H and O–H groups in total. The zero-order valence-corrected chi connectivity index (χ0v) is 23.6. The van der Waals surface area contributed by atoms with E-state index in [1.54, 1.807) is 0 Å². The monoisotopic (exact) mass is 484 g/mol. The Bertz CT molecular complexity index is 372. The van der Waals surface area contributed by atoms with E-state index < -0.39 is 0 Å². The largest absolute Gasteiger partial charge is 0.466 e. The average molecular weight is 485 g/mol. The summed E-state index contributed by atoms with van der Waals surface area (Å²) in [5.41, 5.74) is 0. The van der Waals surface area contributed by atoms with Gasteiger partial charge in [0, 0.05) is 5.75 Å². The van der Waals surface area contributed by atoms with E-state index in [-0.39, 0.29) is 5.97 Å². The van der Waals surface area contributed by atoms with Crippen LogP contribution in [-0.4, -0.2) is 24.1 Å². The molecule has 0 aromatic carbocycles. The van der Waals surface area contributed by atoms with Crippen LogP contribution in [0.15, 0.2) is 0 Å². The van der Waals surface area contributed by atoms with E-state index >= 15 is 0 Å². The molecule has 0 amide bonds. The molecule has 0 saturated carbocycles. The van der Waals surface area contributed by atoms with Gasteiger partial charge in [-0.2, -0.15) is 11.8 Å². The minimum atomic E-state index is 0.00418. The average Bonchev–Trinajstić information content (AvgIpc) is 2.82. The van der Waals surface area contributed by atoms with Gasteiger partial charge in [0.05, 0.1) is 13.0 Å². The van der Waals surface area contributed by atoms with Gasteiger partial charge >= 0.3 is 5.97 Å². The highest BCUT2D eigenvalue weighted by molar-refractivity contribution is 7.99. The molecule has 0 unspecified atom stereocenters. The van der Waals surface area contributed by atoms with E-state index in [0.29, 0.717) is 13.0 Å². The van der Waals surface area contributed by atoms with Gasteiger partial charge in [0.2, 0.25) is 0 Å². The number of thioether (sulfide) groups is 1. The second-order valence-electron chi connectivity index (χ2n) is 10.0. The van der Waals surface area contributed by atoms with Gasteiger partial charge < -0.3 is 4.74 Å². The van der Waals surface area contributed by atoms with Crippen LogP contribution in [0.25, 0.3) is 0 Å². The van der Waals surface area contributed by atoms with Crippen molar-refractivity contribution in [3.8, 4) is 0 Å². The van der Waals surface area contributed by atoms with Crippen molar-refractivity contribution in [1.29, 1.82) is 0 Å². The molecule has 33 heavy (non-hydrogen) atoms. The summed E-state index contributed by atoms with van der Waals surface area (Å²) in [6.45, 7) is 5.19. The number of unbranched alkanes of at least 4 members (excludes halogenated alkanes) is 21. The van der Waals surface area contributed by atoms with Crippen molar-refractivity contribution < 1.29 is 9.53 Å². The number of hydrogen-bond acceptors (Lipinski definition) is 3. The number of carbonyl (C=O) groups is 1. The summed E-state index contributed by atoms with van der Waals surface area (Å²) in [6, 6.07) is 0. The van der Waals surface area contributed by atoms with Crippen molar-refractivity contribution in [2.24, 2.45) is 0 Å². The van der Waals surface area contributed by atoms with Crippen molar-refractivity contribution in [3.05, 3.63) is 0 Å². The van der Waals surface area contributed by atoms with Gasteiger partial charge in [-0.15, -0.1) is 0 Å². The Hall–Kier alpha value is -0.180. The van der Waals surface area contributed by atoms with Crippen molar-refractivity contribution in [2.45, 2.75) is 168 Å². The first-order valence-electron chi connectivity index (χ1n) is 15.0. The van der Waals surface area contributed by atoms with Crippen LogP contribution in [0.2, 0.25) is 0 Å². The molecule has 0 aromatic heterocycles. The maximum atomic E-state index is 11.8. The van der Waals surface area contributed by atoms with E-state index in [4.69, 9.17) is 4.74 Å². The number of rotatable bonds is 28. The van der Waals surface area contributed by atoms with E-state index in [1.165, 1.54) is 147 Å². The van der Waals surface area contributed by atoms with Crippen LogP contribution in [0.5, 0.6) is 0 Å². The lowest BCUT2D eigenvalue weighted by Gasteiger charge is -2.06. The third-order valence-corrected chi connectivity index (χ3v) is 7.67. The van der Waals surface area contributed by atoms with Gasteiger partial charge in [0.25, 0.3) is 0 Å². The summed E-state index contributed by atoms with van der Waals surface area (Å²) in [5.74, 6) is 2.13. The summed E-state index contributed by atoms with van der Waals surface area (Å²) in [4.78, 5) is 11.8. The van der Waals surface area contributed by atoms with Crippen LogP contribution >= 0.6 is 11.8 Å². The van der Waals surface area contributed by atoms with Crippen molar-refractivity contribution in [3.63, 3.8) is 0 Å². The highest BCUT2D eigenvalue weighted by Crippen LogP contribution is 2.14. The molecular weight excluding hydrogens is 424 g/mol. The standard InChI is InChI=1S/C30H60O2S/c1-3-5-7-9-11-13-15-16-18-20-22-24-27-32-30(31)26-29-33-28-25-23-21-19-17-14-12-10-8-6-4-2/h3-29H2,1-2H3. The quantitative estimate of drug-likeness (QED) is 0.0815. The minimum absolute atomic E-state index is 0.00418. The molecule has 0 bridgehead atoms. The Balaban J connectivity index is 3.14. The molecule has 0 saturated heterocycles. The van der Waals surface area contributed by atoms with Crippen LogP contribution in [0.1, 0.15) is 168 Å². The Kier molecular flexibility index (Phi) is 29.7. The Labute approximate surface area is 213 Å². The van der Waals surface area contributed by atoms with Crippen molar-refractivity contribution in [2.75, 3.05) is 18.1 Å². The molecule has 0 aliphatic heterocycles. The summed E-state index contributed by atoms with van der Waals surface area (Å²) in [5, 5.41) is 0. The highest BCUT2D eigenvalue weighted by atomic mass is 32.2. The first-order valence-corrected chi connectivity index (χ1v) is 16.2. The molecule has 0 aliphatic carbocycles. The number of esters is 1. The highest BCUT2D eigenvalue weighted by Gasteiger charge is 2.03. The fourth-order valence-corrected chi connectivity index (χ4v) is 5.25. The number of hydrogen-bond donors (Lipinski definition) is 0. The maximum absolute atomic E-state index is 11.8. The van der Waals surface area contributed by atoms with Gasteiger partial charge in [-0.3, -0.25) is 4.79 Å². The van der Waals surface area contributed by atoms with Crippen LogP contribution in [0.4, 0.5) is 0 Å². The molecule has 0 heterocycles.